The third-order valence-electron chi connectivity index (χ3n) is 3.30. The van der Waals surface area contributed by atoms with Gasteiger partial charge < -0.3 is 16.0 Å². The van der Waals surface area contributed by atoms with Crippen LogP contribution in [-0.4, -0.2) is 30.9 Å². The molecule has 1 aromatic carbocycles. The summed E-state index contributed by atoms with van der Waals surface area (Å²) in [5.41, 5.74) is 7.96. The molecule has 0 aliphatic heterocycles. The second-order valence-electron chi connectivity index (χ2n) is 6.62. The molecule has 20 heavy (non-hydrogen) atoms. The van der Waals surface area contributed by atoms with Crippen molar-refractivity contribution in [3.05, 3.63) is 29.8 Å². The van der Waals surface area contributed by atoms with E-state index in [0.717, 1.165) is 17.8 Å². The fraction of sp³-hybridized carbons (Fsp3) is 0.562. The van der Waals surface area contributed by atoms with Gasteiger partial charge in [-0.05, 0) is 31.1 Å². The molecule has 0 saturated heterocycles. The molecule has 1 atom stereocenters. The van der Waals surface area contributed by atoms with E-state index in [-0.39, 0.29) is 17.4 Å². The summed E-state index contributed by atoms with van der Waals surface area (Å²) in [4.78, 5) is 14.2. The van der Waals surface area contributed by atoms with E-state index >= 15 is 0 Å². The van der Waals surface area contributed by atoms with E-state index in [1.54, 1.807) is 0 Å². The average molecular weight is 277 g/mol. The molecule has 112 valence electrons. The SMILES string of the molecule is CN(C)Cc1ccccc1NC(=O)CC(N)C(C)(C)C. The Kier molecular flexibility index (Phi) is 5.72. The lowest BCUT2D eigenvalue weighted by Crippen LogP contribution is -2.38. The zero-order chi connectivity index (χ0) is 15.3. The molecule has 0 saturated carbocycles. The normalized spacial score (nSPS) is 13.3. The molecule has 0 spiro atoms. The van der Waals surface area contributed by atoms with Crippen molar-refractivity contribution in [2.75, 3.05) is 19.4 Å². The van der Waals surface area contributed by atoms with E-state index in [2.05, 4.69) is 10.2 Å². The number of rotatable bonds is 5. The fourth-order valence-corrected chi connectivity index (χ4v) is 1.83. The van der Waals surface area contributed by atoms with E-state index in [1.807, 2.05) is 59.1 Å². The molecule has 1 aromatic rings. The Balaban J connectivity index is 2.71. The standard InChI is InChI=1S/C16H27N3O/c1-16(2,3)14(17)10-15(20)18-13-9-7-6-8-12(13)11-19(4)5/h6-9,14H,10-11,17H2,1-5H3,(H,18,20). The van der Waals surface area contributed by atoms with Crippen LogP contribution in [0.15, 0.2) is 24.3 Å². The van der Waals surface area contributed by atoms with Crippen LogP contribution in [-0.2, 0) is 11.3 Å². The summed E-state index contributed by atoms with van der Waals surface area (Å²) in [5.74, 6) is -0.0290. The molecule has 1 rings (SSSR count). The van der Waals surface area contributed by atoms with Crippen LogP contribution in [0.4, 0.5) is 5.69 Å². The lowest BCUT2D eigenvalue weighted by Gasteiger charge is -2.26. The summed E-state index contributed by atoms with van der Waals surface area (Å²) in [6.45, 7) is 6.93. The summed E-state index contributed by atoms with van der Waals surface area (Å²) in [6, 6.07) is 7.72. The summed E-state index contributed by atoms with van der Waals surface area (Å²) >= 11 is 0. The first-order valence-electron chi connectivity index (χ1n) is 6.98. The van der Waals surface area contributed by atoms with E-state index in [9.17, 15) is 4.79 Å². The van der Waals surface area contributed by atoms with Gasteiger partial charge in [0.2, 0.25) is 5.91 Å². The fourth-order valence-electron chi connectivity index (χ4n) is 1.83. The van der Waals surface area contributed by atoms with Gasteiger partial charge in [-0.3, -0.25) is 4.79 Å². The first kappa shape index (κ1) is 16.7. The minimum absolute atomic E-state index is 0.0290. The number of nitrogens with two attached hydrogens (primary N) is 1. The molecule has 0 aromatic heterocycles. The summed E-state index contributed by atoms with van der Waals surface area (Å²) in [6.07, 6.45) is 0.333. The molecule has 0 aliphatic rings. The Morgan fingerprint density at radius 2 is 1.90 bits per heavy atom. The molecule has 0 heterocycles. The van der Waals surface area contributed by atoms with Crippen molar-refractivity contribution in [2.24, 2.45) is 11.1 Å². The third-order valence-corrected chi connectivity index (χ3v) is 3.30. The number of nitrogens with zero attached hydrogens (tertiary/aromatic N) is 1. The van der Waals surface area contributed by atoms with Gasteiger partial charge in [0.05, 0.1) is 0 Å². The average Bonchev–Trinajstić information content (AvgIpc) is 2.29. The number of benzene rings is 1. The minimum Gasteiger partial charge on any atom is -0.327 e. The van der Waals surface area contributed by atoms with Gasteiger partial charge in [0.1, 0.15) is 0 Å². The highest BCUT2D eigenvalue weighted by Crippen LogP contribution is 2.21. The third kappa shape index (κ3) is 5.31. The number of nitrogens with one attached hydrogen (secondary N) is 1. The lowest BCUT2D eigenvalue weighted by atomic mass is 9.85. The predicted molar refractivity (Wildman–Crippen MR) is 84.5 cm³/mol. The highest BCUT2D eigenvalue weighted by molar-refractivity contribution is 5.91. The summed E-state index contributed by atoms with van der Waals surface area (Å²) < 4.78 is 0. The number of carbonyl (C=O) groups is 1. The Hall–Kier alpha value is -1.39. The molecular weight excluding hydrogens is 250 g/mol. The first-order chi connectivity index (χ1) is 9.20. The van der Waals surface area contributed by atoms with Gasteiger partial charge in [0.25, 0.3) is 0 Å². The van der Waals surface area contributed by atoms with Crippen LogP contribution >= 0.6 is 0 Å². The summed E-state index contributed by atoms with van der Waals surface area (Å²) in [7, 11) is 4.02. The molecule has 0 bridgehead atoms. The van der Waals surface area contributed by atoms with E-state index in [0.29, 0.717) is 6.42 Å². The van der Waals surface area contributed by atoms with Gasteiger partial charge in [-0.2, -0.15) is 0 Å². The molecule has 1 unspecified atom stereocenters. The quantitative estimate of drug-likeness (QED) is 0.869. The monoisotopic (exact) mass is 277 g/mol. The second-order valence-corrected chi connectivity index (χ2v) is 6.62. The Labute approximate surface area is 122 Å². The van der Waals surface area contributed by atoms with Crippen LogP contribution in [0, 0.1) is 5.41 Å². The highest BCUT2D eigenvalue weighted by atomic mass is 16.1. The van der Waals surface area contributed by atoms with Crippen molar-refractivity contribution in [1.82, 2.24) is 4.90 Å². The van der Waals surface area contributed by atoms with E-state index < -0.39 is 0 Å². The predicted octanol–water partition coefficient (Wildman–Crippen LogP) is 2.45. The Bertz CT molecular complexity index is 449. The van der Waals surface area contributed by atoms with Crippen LogP contribution in [0.2, 0.25) is 0 Å². The van der Waals surface area contributed by atoms with Gasteiger partial charge in [-0.25, -0.2) is 0 Å². The molecular formula is C16H27N3O. The van der Waals surface area contributed by atoms with Crippen molar-refractivity contribution in [1.29, 1.82) is 0 Å². The molecule has 4 heteroatoms. The lowest BCUT2D eigenvalue weighted by molar-refractivity contribution is -0.117. The topological polar surface area (TPSA) is 58.4 Å². The zero-order valence-electron chi connectivity index (χ0n) is 13.2. The summed E-state index contributed by atoms with van der Waals surface area (Å²) in [5, 5.41) is 2.97. The number of hydrogen-bond acceptors (Lipinski definition) is 3. The zero-order valence-corrected chi connectivity index (χ0v) is 13.2. The molecule has 3 N–H and O–H groups in total. The van der Waals surface area contributed by atoms with Crippen LogP contribution in [0.3, 0.4) is 0 Å². The Morgan fingerprint density at radius 3 is 2.45 bits per heavy atom. The van der Waals surface area contributed by atoms with Gasteiger partial charge in [0, 0.05) is 24.7 Å². The molecule has 1 amide bonds. The van der Waals surface area contributed by atoms with Crippen LogP contribution in [0.1, 0.15) is 32.8 Å². The smallest absolute Gasteiger partial charge is 0.225 e. The second kappa shape index (κ2) is 6.86. The largest absolute Gasteiger partial charge is 0.327 e. The number of para-hydroxylation sites is 1. The van der Waals surface area contributed by atoms with Crippen molar-refractivity contribution in [3.63, 3.8) is 0 Å². The van der Waals surface area contributed by atoms with Crippen molar-refractivity contribution in [3.8, 4) is 0 Å². The van der Waals surface area contributed by atoms with Crippen molar-refractivity contribution in [2.45, 2.75) is 39.8 Å². The maximum atomic E-state index is 12.1. The molecule has 0 fully saturated rings. The maximum absolute atomic E-state index is 12.1. The van der Waals surface area contributed by atoms with E-state index in [4.69, 9.17) is 5.73 Å². The van der Waals surface area contributed by atoms with Gasteiger partial charge >= 0.3 is 0 Å². The number of anilines is 1. The first-order valence-corrected chi connectivity index (χ1v) is 6.98. The van der Waals surface area contributed by atoms with Crippen molar-refractivity contribution >= 4 is 11.6 Å². The van der Waals surface area contributed by atoms with Crippen LogP contribution in [0.5, 0.6) is 0 Å². The highest BCUT2D eigenvalue weighted by Gasteiger charge is 2.23. The van der Waals surface area contributed by atoms with Gasteiger partial charge in [-0.15, -0.1) is 0 Å². The van der Waals surface area contributed by atoms with Crippen LogP contribution < -0.4 is 11.1 Å². The van der Waals surface area contributed by atoms with Crippen molar-refractivity contribution < 1.29 is 4.79 Å². The van der Waals surface area contributed by atoms with E-state index in [1.165, 1.54) is 0 Å². The number of amides is 1. The molecule has 4 nitrogen and oxygen atoms in total. The molecule has 0 aliphatic carbocycles. The minimum atomic E-state index is -0.150. The van der Waals surface area contributed by atoms with Gasteiger partial charge in [-0.1, -0.05) is 39.0 Å². The Morgan fingerprint density at radius 1 is 1.30 bits per heavy atom. The number of carbonyl (C=O) groups excluding carboxylic acids is 1. The van der Waals surface area contributed by atoms with Crippen LogP contribution in [0.25, 0.3) is 0 Å². The molecule has 0 radical (unpaired) electrons. The van der Waals surface area contributed by atoms with Gasteiger partial charge in [0.15, 0.2) is 0 Å². The number of hydrogen-bond donors (Lipinski definition) is 2. The maximum Gasteiger partial charge on any atom is 0.225 e.